The van der Waals surface area contributed by atoms with Gasteiger partial charge in [0.15, 0.2) is 12.1 Å². The average Bonchev–Trinajstić information content (AvgIpc) is 3.05. The maximum absolute atomic E-state index is 14.0. The molecule has 47 heavy (non-hydrogen) atoms. The van der Waals surface area contributed by atoms with E-state index >= 15 is 0 Å². The molecule has 0 saturated carbocycles. The van der Waals surface area contributed by atoms with Crippen LogP contribution >= 0.6 is 24.2 Å². The number of amides is 2. The number of benzene rings is 3. The van der Waals surface area contributed by atoms with E-state index in [1.54, 1.807) is 24.3 Å². The molecule has 2 amide bonds. The smallest absolute Gasteiger partial charge is 0.356 e. The number of nitrogens with zero attached hydrogens (tertiary/aromatic N) is 2. The van der Waals surface area contributed by atoms with Gasteiger partial charge in [-0.15, -0.1) is 24.2 Å². The number of rotatable bonds is 11. The molecule has 14 heteroatoms. The van der Waals surface area contributed by atoms with Crippen molar-refractivity contribution < 1.29 is 33.4 Å². The van der Waals surface area contributed by atoms with Gasteiger partial charge in [0.05, 0.1) is 12.1 Å². The Labute approximate surface area is 281 Å². The summed E-state index contributed by atoms with van der Waals surface area (Å²) in [6, 6.07) is 25.1. The number of carbonyl (C=O) groups is 4. The Morgan fingerprint density at radius 3 is 2.13 bits per heavy atom. The quantitative estimate of drug-likeness (QED) is 0.0898. The molecule has 3 aromatic carbocycles. The number of nitrogens with one attached hydrogen (secondary N) is 1. The summed E-state index contributed by atoms with van der Waals surface area (Å²) in [6.45, 7) is 1.04. The number of aliphatic imine (C=N–C) groups is 1. The van der Waals surface area contributed by atoms with Crippen molar-refractivity contribution in [3.63, 3.8) is 0 Å². The molecule has 12 nitrogen and oxygen atoms in total. The van der Waals surface area contributed by atoms with Gasteiger partial charge in [0.25, 0.3) is 11.6 Å². The van der Waals surface area contributed by atoms with E-state index in [4.69, 9.17) is 25.7 Å². The highest BCUT2D eigenvalue weighted by molar-refractivity contribution is 8.00. The number of β-lactam (4-membered cyclic amide) rings is 1. The molecule has 0 aromatic heterocycles. The van der Waals surface area contributed by atoms with E-state index in [0.29, 0.717) is 16.8 Å². The Morgan fingerprint density at radius 2 is 1.60 bits per heavy atom. The van der Waals surface area contributed by atoms with E-state index < -0.39 is 41.0 Å². The van der Waals surface area contributed by atoms with Crippen LogP contribution in [0.2, 0.25) is 0 Å². The van der Waals surface area contributed by atoms with Crippen LogP contribution in [0.3, 0.4) is 0 Å². The number of ether oxygens (including phenoxy) is 3. The number of hydrogen-bond donors (Lipinski definition) is 3. The molecule has 0 aliphatic carbocycles. The molecule has 0 radical (unpaired) electrons. The Morgan fingerprint density at radius 1 is 1.00 bits per heavy atom. The number of thioether (sulfide) groups is 1. The van der Waals surface area contributed by atoms with Crippen LogP contribution in [0.1, 0.15) is 29.7 Å². The van der Waals surface area contributed by atoms with Crippen LogP contribution in [-0.2, 0) is 39.8 Å². The highest BCUT2D eigenvalue weighted by Crippen LogP contribution is 2.47. The van der Waals surface area contributed by atoms with Gasteiger partial charge in [-0.25, -0.2) is 9.79 Å². The molecule has 1 fully saturated rings. The van der Waals surface area contributed by atoms with Crippen LogP contribution in [0.25, 0.3) is 0 Å². The van der Waals surface area contributed by atoms with Crippen molar-refractivity contribution in [1.29, 1.82) is 0 Å². The minimum atomic E-state index is -1.74. The van der Waals surface area contributed by atoms with Gasteiger partial charge in [0.2, 0.25) is 5.91 Å². The zero-order valence-electron chi connectivity index (χ0n) is 25.6. The van der Waals surface area contributed by atoms with E-state index in [-0.39, 0.29) is 42.8 Å². The maximum Gasteiger partial charge on any atom is 0.356 e. The minimum Gasteiger partial charge on any atom is -0.461 e. The van der Waals surface area contributed by atoms with Gasteiger partial charge in [-0.2, -0.15) is 0 Å². The SMILES string of the molecule is CO[C@@]1(NC(=O)Cc2ccc(N=C(N)N)cc2)C(=O)N2C(C(=O)OC(c3ccccc3)c3ccccc3)=C(COC(C)=O)CS[C@@H]21.Cl. The molecule has 2 aliphatic heterocycles. The second kappa shape index (κ2) is 15.2. The first-order valence-corrected chi connectivity index (χ1v) is 15.3. The summed E-state index contributed by atoms with van der Waals surface area (Å²) < 4.78 is 17.0. The Balaban J connectivity index is 0.00000500. The van der Waals surface area contributed by atoms with Crippen molar-refractivity contribution in [3.05, 3.63) is 113 Å². The molecule has 0 spiro atoms. The number of guanidine groups is 1. The summed E-state index contributed by atoms with van der Waals surface area (Å²) in [7, 11) is 1.32. The zero-order chi connectivity index (χ0) is 32.8. The van der Waals surface area contributed by atoms with Gasteiger partial charge in [-0.05, 0) is 28.8 Å². The van der Waals surface area contributed by atoms with E-state index in [1.165, 1.54) is 30.7 Å². The van der Waals surface area contributed by atoms with Crippen LogP contribution in [0.4, 0.5) is 5.69 Å². The monoisotopic (exact) mass is 679 g/mol. The van der Waals surface area contributed by atoms with Crippen LogP contribution in [0, 0.1) is 0 Å². The average molecular weight is 680 g/mol. The molecular formula is C33H34ClN5O7S. The Bertz CT molecular complexity index is 1640. The number of methoxy groups -OCH3 is 1. The van der Waals surface area contributed by atoms with Gasteiger partial charge in [0.1, 0.15) is 17.7 Å². The summed E-state index contributed by atoms with van der Waals surface area (Å²) in [5.41, 5.74) is 12.1. The lowest BCUT2D eigenvalue weighted by Gasteiger charge is -2.56. The summed E-state index contributed by atoms with van der Waals surface area (Å²) in [4.78, 5) is 58.0. The van der Waals surface area contributed by atoms with Crippen molar-refractivity contribution in [2.24, 2.45) is 16.5 Å². The fourth-order valence-electron chi connectivity index (χ4n) is 5.25. The number of halogens is 1. The zero-order valence-corrected chi connectivity index (χ0v) is 27.2. The van der Waals surface area contributed by atoms with E-state index in [1.807, 2.05) is 60.7 Å². The molecule has 2 heterocycles. The normalized spacial score (nSPS) is 18.3. The number of esters is 2. The molecule has 3 aromatic rings. The van der Waals surface area contributed by atoms with Crippen molar-refractivity contribution >= 4 is 59.6 Å². The fourth-order valence-corrected chi connectivity index (χ4v) is 6.67. The number of nitrogens with two attached hydrogens (primary N) is 2. The summed E-state index contributed by atoms with van der Waals surface area (Å²) in [5.74, 6) is -2.34. The third kappa shape index (κ3) is 7.59. The number of fused-ring (bicyclic) bond motifs is 1. The molecule has 0 bridgehead atoms. The second-order valence-corrected chi connectivity index (χ2v) is 11.6. The largest absolute Gasteiger partial charge is 0.461 e. The summed E-state index contributed by atoms with van der Waals surface area (Å²) >= 11 is 1.27. The summed E-state index contributed by atoms with van der Waals surface area (Å²) in [6.07, 6.45) is -0.845. The first-order valence-electron chi connectivity index (χ1n) is 14.3. The van der Waals surface area contributed by atoms with Crippen LogP contribution in [-0.4, -0.2) is 65.2 Å². The van der Waals surface area contributed by atoms with Crippen molar-refractivity contribution in [3.8, 4) is 0 Å². The van der Waals surface area contributed by atoms with Gasteiger partial charge in [-0.1, -0.05) is 72.8 Å². The van der Waals surface area contributed by atoms with E-state index in [9.17, 15) is 19.2 Å². The minimum absolute atomic E-state index is 0. The van der Waals surface area contributed by atoms with E-state index in [0.717, 1.165) is 11.1 Å². The fraction of sp³-hybridized carbons (Fsp3) is 0.242. The van der Waals surface area contributed by atoms with Crippen LogP contribution in [0.15, 0.2) is 101 Å². The van der Waals surface area contributed by atoms with Crippen molar-refractivity contribution in [2.45, 2.75) is 30.5 Å². The second-order valence-electron chi connectivity index (χ2n) is 10.5. The maximum atomic E-state index is 14.0. The highest BCUT2D eigenvalue weighted by Gasteiger charge is 2.66. The standard InChI is InChI=1S/C33H33N5O7S.ClH/c1-20(39)44-18-24-19-46-31-33(43-2,37-26(40)17-21-13-15-25(16-14-21)36-32(34)35)30(42)38(31)27(24)29(41)45-28(22-9-5-3-6-10-22)23-11-7-4-8-12-23;/h3-16,28,31H,17-19H2,1-2H3,(H,37,40)(H4,34,35,36);1H/t31-,33+;/m1./s1. The van der Waals surface area contributed by atoms with Crippen molar-refractivity contribution in [2.75, 3.05) is 19.5 Å². The molecule has 0 unspecified atom stereocenters. The topological polar surface area (TPSA) is 176 Å². The van der Waals surface area contributed by atoms with Gasteiger partial charge in [-0.3, -0.25) is 19.3 Å². The first-order chi connectivity index (χ1) is 22.1. The molecule has 5 rings (SSSR count). The lowest BCUT2D eigenvalue weighted by molar-refractivity contribution is -0.193. The molecule has 5 N–H and O–H groups in total. The summed E-state index contributed by atoms with van der Waals surface area (Å²) in [5, 5.41) is 1.94. The third-order valence-electron chi connectivity index (χ3n) is 7.39. The van der Waals surface area contributed by atoms with Crippen LogP contribution < -0.4 is 16.8 Å². The molecule has 2 atom stereocenters. The van der Waals surface area contributed by atoms with Crippen LogP contribution in [0.5, 0.6) is 0 Å². The Kier molecular flexibility index (Phi) is 11.3. The number of carbonyl (C=O) groups excluding carboxylic acids is 4. The molecule has 1 saturated heterocycles. The molecule has 246 valence electrons. The lowest BCUT2D eigenvalue weighted by atomic mass is 9.97. The van der Waals surface area contributed by atoms with Gasteiger partial charge < -0.3 is 31.0 Å². The van der Waals surface area contributed by atoms with Gasteiger partial charge >= 0.3 is 11.9 Å². The molecule has 2 aliphatic rings. The predicted octanol–water partition coefficient (Wildman–Crippen LogP) is 3.08. The predicted molar refractivity (Wildman–Crippen MR) is 178 cm³/mol. The molecular weight excluding hydrogens is 646 g/mol. The Hall–Kier alpha value is -4.85. The first kappa shape index (κ1) is 35.0. The third-order valence-corrected chi connectivity index (χ3v) is 8.76. The van der Waals surface area contributed by atoms with Crippen molar-refractivity contribution in [1.82, 2.24) is 10.2 Å². The van der Waals surface area contributed by atoms with E-state index in [2.05, 4.69) is 10.3 Å². The number of hydrogen-bond acceptors (Lipinski definition) is 9. The lowest BCUT2D eigenvalue weighted by Crippen LogP contribution is -2.80. The highest BCUT2D eigenvalue weighted by atomic mass is 35.5. The van der Waals surface area contributed by atoms with Gasteiger partial charge in [0, 0.05) is 25.4 Å².